The minimum Gasteiger partial charge on any atom is -0.393 e. The van der Waals surface area contributed by atoms with Gasteiger partial charge in [0.25, 0.3) is 0 Å². The van der Waals surface area contributed by atoms with Crippen LogP contribution in [0.3, 0.4) is 0 Å². The molecule has 0 bridgehead atoms. The van der Waals surface area contributed by atoms with E-state index in [0.717, 1.165) is 43.1 Å². The van der Waals surface area contributed by atoms with Crippen molar-refractivity contribution in [3.05, 3.63) is 11.9 Å². The maximum absolute atomic E-state index is 9.52. The Hall–Kier alpha value is -1.36. The SMILES string of the molecule is Cc1nc(NC2CCC(O)CC2)cc(NC2CC2)n1. The first-order chi connectivity index (χ1) is 9.19. The number of aromatic nitrogens is 2. The predicted molar refractivity (Wildman–Crippen MR) is 75.3 cm³/mol. The molecule has 1 aromatic rings. The Kier molecular flexibility index (Phi) is 3.55. The lowest BCUT2D eigenvalue weighted by Crippen LogP contribution is -2.28. The smallest absolute Gasteiger partial charge is 0.132 e. The van der Waals surface area contributed by atoms with Crippen LogP contribution < -0.4 is 10.6 Å². The third-order valence-electron chi connectivity index (χ3n) is 3.82. The largest absolute Gasteiger partial charge is 0.393 e. The van der Waals surface area contributed by atoms with E-state index >= 15 is 0 Å². The van der Waals surface area contributed by atoms with Gasteiger partial charge in [-0.2, -0.15) is 0 Å². The van der Waals surface area contributed by atoms with Crippen LogP contribution in [0.5, 0.6) is 0 Å². The summed E-state index contributed by atoms with van der Waals surface area (Å²) in [5.74, 6) is 2.62. The van der Waals surface area contributed by atoms with Gasteiger partial charge >= 0.3 is 0 Å². The maximum atomic E-state index is 9.52. The lowest BCUT2D eigenvalue weighted by atomic mass is 9.93. The normalized spacial score (nSPS) is 27.1. The van der Waals surface area contributed by atoms with Crippen LogP contribution in [-0.4, -0.2) is 33.3 Å². The molecule has 5 heteroatoms. The first kappa shape index (κ1) is 12.7. The highest BCUT2D eigenvalue weighted by molar-refractivity contribution is 5.49. The van der Waals surface area contributed by atoms with Crippen LogP contribution in [0.15, 0.2) is 6.07 Å². The third kappa shape index (κ3) is 3.56. The standard InChI is InChI=1S/C14H22N4O/c1-9-15-13(17-10-2-3-10)8-14(16-9)18-11-4-6-12(19)7-5-11/h8,10-12,19H,2-7H2,1H3,(H2,15,16,17,18). The molecular formula is C14H22N4O. The first-order valence-corrected chi connectivity index (χ1v) is 7.26. The van der Waals surface area contributed by atoms with Gasteiger partial charge in [0, 0.05) is 18.2 Å². The van der Waals surface area contributed by atoms with Crippen LogP contribution in [0.1, 0.15) is 44.3 Å². The number of anilines is 2. The fourth-order valence-electron chi connectivity index (χ4n) is 2.58. The molecule has 3 rings (SSSR count). The minimum atomic E-state index is -0.114. The summed E-state index contributed by atoms with van der Waals surface area (Å²) >= 11 is 0. The number of aliphatic hydroxyl groups excluding tert-OH is 1. The summed E-state index contributed by atoms with van der Waals surface area (Å²) in [6, 6.07) is 3.02. The molecule has 0 aromatic carbocycles. The van der Waals surface area contributed by atoms with Crippen LogP contribution in [-0.2, 0) is 0 Å². The second kappa shape index (κ2) is 5.33. The van der Waals surface area contributed by atoms with Crippen molar-refractivity contribution in [2.24, 2.45) is 0 Å². The summed E-state index contributed by atoms with van der Waals surface area (Å²) in [5.41, 5.74) is 0. The zero-order valence-corrected chi connectivity index (χ0v) is 11.4. The molecule has 0 aliphatic heterocycles. The number of rotatable bonds is 4. The van der Waals surface area contributed by atoms with Gasteiger partial charge in [0.05, 0.1) is 6.10 Å². The van der Waals surface area contributed by atoms with Gasteiger partial charge in [0.15, 0.2) is 0 Å². The van der Waals surface area contributed by atoms with Crippen molar-refractivity contribution in [2.45, 2.75) is 63.6 Å². The summed E-state index contributed by atoms with van der Waals surface area (Å²) in [6.45, 7) is 1.92. The fourth-order valence-corrected chi connectivity index (χ4v) is 2.58. The van der Waals surface area contributed by atoms with E-state index in [9.17, 15) is 5.11 Å². The molecule has 5 nitrogen and oxygen atoms in total. The van der Waals surface area contributed by atoms with E-state index in [4.69, 9.17) is 0 Å². The highest BCUT2D eigenvalue weighted by Crippen LogP contribution is 2.26. The quantitative estimate of drug-likeness (QED) is 0.775. The Morgan fingerprint density at radius 1 is 0.947 bits per heavy atom. The Labute approximate surface area is 113 Å². The Bertz CT molecular complexity index is 439. The Morgan fingerprint density at radius 3 is 1.89 bits per heavy atom. The molecule has 0 saturated heterocycles. The van der Waals surface area contributed by atoms with Crippen molar-refractivity contribution in [2.75, 3.05) is 10.6 Å². The minimum absolute atomic E-state index is 0.114. The van der Waals surface area contributed by atoms with Crippen molar-refractivity contribution in [1.29, 1.82) is 0 Å². The van der Waals surface area contributed by atoms with Crippen molar-refractivity contribution in [3.8, 4) is 0 Å². The van der Waals surface area contributed by atoms with Gasteiger partial charge in [-0.05, 0) is 45.4 Å². The van der Waals surface area contributed by atoms with Gasteiger partial charge in [-0.15, -0.1) is 0 Å². The zero-order chi connectivity index (χ0) is 13.2. The molecule has 2 saturated carbocycles. The summed E-state index contributed by atoms with van der Waals surface area (Å²) in [5, 5.41) is 16.4. The number of nitrogens with one attached hydrogen (secondary N) is 2. The van der Waals surface area contributed by atoms with Gasteiger partial charge in [-0.1, -0.05) is 0 Å². The monoisotopic (exact) mass is 262 g/mol. The average Bonchev–Trinajstić information content (AvgIpc) is 3.15. The summed E-state index contributed by atoms with van der Waals surface area (Å²) < 4.78 is 0. The second-order valence-electron chi connectivity index (χ2n) is 5.75. The van der Waals surface area contributed by atoms with Gasteiger partial charge in [-0.3, -0.25) is 0 Å². The number of hydrogen-bond donors (Lipinski definition) is 3. The second-order valence-corrected chi connectivity index (χ2v) is 5.75. The van der Waals surface area contributed by atoms with E-state index in [1.165, 1.54) is 12.8 Å². The molecule has 0 atom stereocenters. The Balaban J connectivity index is 1.64. The first-order valence-electron chi connectivity index (χ1n) is 7.26. The Morgan fingerprint density at radius 2 is 1.42 bits per heavy atom. The highest BCUT2D eigenvalue weighted by atomic mass is 16.3. The molecule has 19 heavy (non-hydrogen) atoms. The lowest BCUT2D eigenvalue weighted by Gasteiger charge is -2.26. The van der Waals surface area contributed by atoms with Gasteiger partial charge in [0.1, 0.15) is 17.5 Å². The number of aliphatic hydroxyl groups is 1. The molecule has 104 valence electrons. The molecule has 1 heterocycles. The molecule has 2 aliphatic carbocycles. The summed E-state index contributed by atoms with van der Waals surface area (Å²) in [7, 11) is 0. The predicted octanol–water partition coefficient (Wildman–Crippen LogP) is 2.07. The molecule has 2 fully saturated rings. The van der Waals surface area contributed by atoms with E-state index in [0.29, 0.717) is 12.1 Å². The number of hydrogen-bond acceptors (Lipinski definition) is 5. The molecule has 1 aromatic heterocycles. The topological polar surface area (TPSA) is 70.1 Å². The summed E-state index contributed by atoms with van der Waals surface area (Å²) in [6.07, 6.45) is 6.16. The third-order valence-corrected chi connectivity index (χ3v) is 3.82. The molecule has 2 aliphatic rings. The van der Waals surface area contributed by atoms with Crippen LogP contribution >= 0.6 is 0 Å². The van der Waals surface area contributed by atoms with Gasteiger partial charge in [0.2, 0.25) is 0 Å². The van der Waals surface area contributed by atoms with Crippen LogP contribution in [0, 0.1) is 6.92 Å². The molecule has 0 radical (unpaired) electrons. The van der Waals surface area contributed by atoms with Crippen molar-refractivity contribution >= 4 is 11.6 Å². The van der Waals surface area contributed by atoms with E-state index < -0.39 is 0 Å². The van der Waals surface area contributed by atoms with Crippen LogP contribution in [0.4, 0.5) is 11.6 Å². The van der Waals surface area contributed by atoms with Crippen molar-refractivity contribution in [3.63, 3.8) is 0 Å². The van der Waals surface area contributed by atoms with Gasteiger partial charge in [-0.25, -0.2) is 9.97 Å². The lowest BCUT2D eigenvalue weighted by molar-refractivity contribution is 0.126. The van der Waals surface area contributed by atoms with E-state index in [1.54, 1.807) is 0 Å². The molecule has 0 amide bonds. The summed E-state index contributed by atoms with van der Waals surface area (Å²) in [4.78, 5) is 8.87. The van der Waals surface area contributed by atoms with Gasteiger partial charge < -0.3 is 15.7 Å². The maximum Gasteiger partial charge on any atom is 0.132 e. The zero-order valence-electron chi connectivity index (χ0n) is 11.4. The highest BCUT2D eigenvalue weighted by Gasteiger charge is 2.22. The van der Waals surface area contributed by atoms with E-state index in [1.807, 2.05) is 13.0 Å². The average molecular weight is 262 g/mol. The van der Waals surface area contributed by atoms with Crippen molar-refractivity contribution < 1.29 is 5.11 Å². The van der Waals surface area contributed by atoms with E-state index in [-0.39, 0.29) is 6.10 Å². The van der Waals surface area contributed by atoms with E-state index in [2.05, 4.69) is 20.6 Å². The molecule has 3 N–H and O–H groups in total. The molecule has 0 unspecified atom stereocenters. The van der Waals surface area contributed by atoms with Crippen LogP contribution in [0.2, 0.25) is 0 Å². The number of nitrogens with zero attached hydrogens (tertiary/aromatic N) is 2. The van der Waals surface area contributed by atoms with Crippen molar-refractivity contribution in [1.82, 2.24) is 9.97 Å². The molecular weight excluding hydrogens is 240 g/mol. The number of aryl methyl sites for hydroxylation is 1. The fraction of sp³-hybridized carbons (Fsp3) is 0.714. The molecule has 0 spiro atoms. The van der Waals surface area contributed by atoms with Crippen LogP contribution in [0.25, 0.3) is 0 Å².